The number of nitrogens with zero attached hydrogens (tertiary/aromatic N) is 1. The van der Waals surface area contributed by atoms with Crippen molar-refractivity contribution in [1.82, 2.24) is 5.32 Å². The van der Waals surface area contributed by atoms with E-state index >= 15 is 0 Å². The van der Waals surface area contributed by atoms with E-state index in [1.165, 1.54) is 0 Å². The molecule has 0 saturated heterocycles. The summed E-state index contributed by atoms with van der Waals surface area (Å²) in [5, 5.41) is 22.7. The lowest BCUT2D eigenvalue weighted by Gasteiger charge is -2.24. The number of hydrogen-bond acceptors (Lipinski definition) is 3. The third kappa shape index (κ3) is 4.90. The maximum Gasteiger partial charge on any atom is 0.319 e. The summed E-state index contributed by atoms with van der Waals surface area (Å²) in [5.74, 6) is -0.991. The molecule has 1 aromatic rings. The molecule has 0 bridgehead atoms. The average molecular weight is 340 g/mol. The van der Waals surface area contributed by atoms with Crippen LogP contribution in [0, 0.1) is 11.3 Å². The van der Waals surface area contributed by atoms with E-state index in [1.807, 2.05) is 6.07 Å². The van der Waals surface area contributed by atoms with E-state index in [0.717, 1.165) is 0 Å². The van der Waals surface area contributed by atoms with Crippen LogP contribution in [0.5, 0.6) is 0 Å². The SMILES string of the molecule is CC(C)(CC(=O)O)NC(=O)Nc1ccc(C#N)cc1Br. The first-order valence-electron chi connectivity index (χ1n) is 5.74. The van der Waals surface area contributed by atoms with Crippen molar-refractivity contribution in [2.24, 2.45) is 0 Å². The molecule has 0 aliphatic heterocycles. The number of nitrogens with one attached hydrogen (secondary N) is 2. The van der Waals surface area contributed by atoms with Gasteiger partial charge in [0.25, 0.3) is 0 Å². The lowest BCUT2D eigenvalue weighted by Crippen LogP contribution is -2.46. The summed E-state index contributed by atoms with van der Waals surface area (Å²) in [4.78, 5) is 22.5. The number of carbonyl (C=O) groups is 2. The number of hydrogen-bond donors (Lipinski definition) is 3. The maximum absolute atomic E-state index is 11.8. The van der Waals surface area contributed by atoms with Gasteiger partial charge in [-0.25, -0.2) is 4.79 Å². The summed E-state index contributed by atoms with van der Waals surface area (Å²) in [6, 6.07) is 6.22. The molecule has 3 N–H and O–H groups in total. The molecular weight excluding hydrogens is 326 g/mol. The summed E-state index contributed by atoms with van der Waals surface area (Å²) in [6.07, 6.45) is -0.186. The number of rotatable bonds is 4. The van der Waals surface area contributed by atoms with Crippen LogP contribution in [0.3, 0.4) is 0 Å². The summed E-state index contributed by atoms with van der Waals surface area (Å²) >= 11 is 3.25. The largest absolute Gasteiger partial charge is 0.481 e. The van der Waals surface area contributed by atoms with Crippen molar-refractivity contribution in [2.75, 3.05) is 5.32 Å². The smallest absolute Gasteiger partial charge is 0.319 e. The van der Waals surface area contributed by atoms with E-state index in [4.69, 9.17) is 10.4 Å². The first kappa shape index (κ1) is 16.0. The molecule has 6 nitrogen and oxygen atoms in total. The molecule has 106 valence electrons. The van der Waals surface area contributed by atoms with Gasteiger partial charge in [0.15, 0.2) is 0 Å². The number of anilines is 1. The molecule has 0 radical (unpaired) electrons. The van der Waals surface area contributed by atoms with Crippen molar-refractivity contribution in [2.45, 2.75) is 25.8 Å². The van der Waals surface area contributed by atoms with Crippen molar-refractivity contribution in [3.8, 4) is 6.07 Å². The van der Waals surface area contributed by atoms with Gasteiger partial charge in [-0.1, -0.05) is 0 Å². The number of urea groups is 1. The second kappa shape index (κ2) is 6.39. The van der Waals surface area contributed by atoms with Gasteiger partial charge in [-0.2, -0.15) is 5.26 Å². The van der Waals surface area contributed by atoms with Gasteiger partial charge >= 0.3 is 12.0 Å². The highest BCUT2D eigenvalue weighted by atomic mass is 79.9. The predicted molar refractivity (Wildman–Crippen MR) is 77.3 cm³/mol. The molecule has 1 aromatic carbocycles. The zero-order chi connectivity index (χ0) is 15.3. The van der Waals surface area contributed by atoms with Crippen LogP contribution in [0.15, 0.2) is 22.7 Å². The Balaban J connectivity index is 2.72. The fraction of sp³-hybridized carbons (Fsp3) is 0.308. The lowest BCUT2D eigenvalue weighted by atomic mass is 10.0. The normalized spacial score (nSPS) is 10.5. The third-order valence-electron chi connectivity index (χ3n) is 2.39. The topological polar surface area (TPSA) is 102 Å². The summed E-state index contributed by atoms with van der Waals surface area (Å²) in [5.41, 5.74) is 0.0938. The van der Waals surface area contributed by atoms with Crippen LogP contribution in [-0.2, 0) is 4.79 Å². The van der Waals surface area contributed by atoms with Crippen LogP contribution in [-0.4, -0.2) is 22.6 Å². The van der Waals surface area contributed by atoms with Gasteiger partial charge in [-0.15, -0.1) is 0 Å². The molecular formula is C13H14BrN3O3. The number of amides is 2. The number of halogens is 1. The average Bonchev–Trinajstić information content (AvgIpc) is 2.29. The van der Waals surface area contributed by atoms with Crippen LogP contribution in [0.4, 0.5) is 10.5 Å². The van der Waals surface area contributed by atoms with Crippen LogP contribution in [0.1, 0.15) is 25.8 Å². The monoisotopic (exact) mass is 339 g/mol. The molecule has 0 aliphatic rings. The molecule has 2 amide bonds. The van der Waals surface area contributed by atoms with Crippen molar-refractivity contribution >= 4 is 33.6 Å². The minimum atomic E-state index is -0.991. The first-order valence-corrected chi connectivity index (χ1v) is 6.53. The quantitative estimate of drug-likeness (QED) is 0.784. The molecule has 20 heavy (non-hydrogen) atoms. The Labute approximate surface area is 124 Å². The number of nitriles is 1. The second-order valence-corrected chi connectivity index (χ2v) is 5.69. The summed E-state index contributed by atoms with van der Waals surface area (Å²) in [6.45, 7) is 3.24. The molecule has 0 aliphatic carbocycles. The standard InChI is InChI=1S/C13H14BrN3O3/c1-13(2,6-11(18)19)17-12(20)16-10-4-3-8(7-15)5-9(10)14/h3-5H,6H2,1-2H3,(H,18,19)(H2,16,17,20). The molecule has 1 rings (SSSR count). The van der Waals surface area contributed by atoms with Crippen LogP contribution in [0.2, 0.25) is 0 Å². The molecule has 0 saturated carbocycles. The molecule has 0 spiro atoms. The molecule has 0 heterocycles. The Morgan fingerprint density at radius 2 is 2.10 bits per heavy atom. The molecule has 0 atom stereocenters. The molecule has 0 unspecified atom stereocenters. The fourth-order valence-corrected chi connectivity index (χ4v) is 2.05. The second-order valence-electron chi connectivity index (χ2n) is 4.84. The van der Waals surface area contributed by atoms with Crippen LogP contribution < -0.4 is 10.6 Å². The fourth-order valence-electron chi connectivity index (χ4n) is 1.57. The minimum Gasteiger partial charge on any atom is -0.481 e. The van der Waals surface area contributed by atoms with Gasteiger partial charge in [0.1, 0.15) is 0 Å². The summed E-state index contributed by atoms with van der Waals surface area (Å²) < 4.78 is 0.572. The molecule has 7 heteroatoms. The maximum atomic E-state index is 11.8. The van der Waals surface area contributed by atoms with Gasteiger partial charge in [-0.3, -0.25) is 4.79 Å². The minimum absolute atomic E-state index is 0.186. The first-order chi connectivity index (χ1) is 9.23. The van der Waals surface area contributed by atoms with E-state index in [-0.39, 0.29) is 6.42 Å². The number of aliphatic carboxylic acids is 1. The van der Waals surface area contributed by atoms with E-state index < -0.39 is 17.5 Å². The Morgan fingerprint density at radius 3 is 2.60 bits per heavy atom. The number of carboxylic acids is 1. The van der Waals surface area contributed by atoms with Crippen molar-refractivity contribution < 1.29 is 14.7 Å². The Bertz CT molecular complexity index is 579. The highest BCUT2D eigenvalue weighted by Crippen LogP contribution is 2.23. The summed E-state index contributed by atoms with van der Waals surface area (Å²) in [7, 11) is 0. The number of carbonyl (C=O) groups excluding carboxylic acids is 1. The van der Waals surface area contributed by atoms with Gasteiger partial charge in [0.2, 0.25) is 0 Å². The van der Waals surface area contributed by atoms with Gasteiger partial charge in [0.05, 0.1) is 23.7 Å². The van der Waals surface area contributed by atoms with Crippen molar-refractivity contribution in [1.29, 1.82) is 5.26 Å². The molecule has 0 aromatic heterocycles. The number of benzene rings is 1. The third-order valence-corrected chi connectivity index (χ3v) is 3.05. The Hall–Kier alpha value is -2.07. The van der Waals surface area contributed by atoms with E-state index in [2.05, 4.69) is 26.6 Å². The van der Waals surface area contributed by atoms with Gasteiger partial charge in [-0.05, 0) is 48.0 Å². The Kier molecular flexibility index (Phi) is 5.11. The van der Waals surface area contributed by atoms with Crippen molar-refractivity contribution in [3.05, 3.63) is 28.2 Å². The van der Waals surface area contributed by atoms with Gasteiger partial charge in [0, 0.05) is 10.0 Å². The Morgan fingerprint density at radius 1 is 1.45 bits per heavy atom. The van der Waals surface area contributed by atoms with Crippen molar-refractivity contribution in [3.63, 3.8) is 0 Å². The zero-order valence-corrected chi connectivity index (χ0v) is 12.6. The highest BCUT2D eigenvalue weighted by molar-refractivity contribution is 9.10. The van der Waals surface area contributed by atoms with E-state index in [9.17, 15) is 9.59 Å². The lowest BCUT2D eigenvalue weighted by molar-refractivity contribution is -0.138. The van der Waals surface area contributed by atoms with Gasteiger partial charge < -0.3 is 15.7 Å². The van der Waals surface area contributed by atoms with E-state index in [1.54, 1.807) is 32.0 Å². The van der Waals surface area contributed by atoms with Crippen LogP contribution in [0.25, 0.3) is 0 Å². The number of carboxylic acid groups (broad SMARTS) is 1. The van der Waals surface area contributed by atoms with E-state index in [0.29, 0.717) is 15.7 Å². The zero-order valence-electron chi connectivity index (χ0n) is 11.0. The highest BCUT2D eigenvalue weighted by Gasteiger charge is 2.24. The molecule has 0 fully saturated rings. The van der Waals surface area contributed by atoms with Crippen LogP contribution >= 0.6 is 15.9 Å². The predicted octanol–water partition coefficient (Wildman–Crippen LogP) is 2.70.